The van der Waals surface area contributed by atoms with Crippen LogP contribution in [0.3, 0.4) is 0 Å². The molecule has 0 unspecified atom stereocenters. The van der Waals surface area contributed by atoms with E-state index < -0.39 is 0 Å². The molecule has 96 valence electrons. The zero-order valence-electron chi connectivity index (χ0n) is 10.9. The lowest BCUT2D eigenvalue weighted by Crippen LogP contribution is -2.08. The number of hydrogen-bond acceptors (Lipinski definition) is 4. The maximum atomic E-state index is 5.94. The molecule has 0 saturated carbocycles. The van der Waals surface area contributed by atoms with E-state index in [-0.39, 0.29) is 6.04 Å². The molecule has 0 amide bonds. The van der Waals surface area contributed by atoms with Crippen molar-refractivity contribution in [3.8, 4) is 5.75 Å². The van der Waals surface area contributed by atoms with Gasteiger partial charge in [0.1, 0.15) is 12.4 Å². The Labute approximate surface area is 112 Å². The Hall–Kier alpha value is -1.39. The molecular formula is C14H18N2OS. The number of thiazole rings is 1. The summed E-state index contributed by atoms with van der Waals surface area (Å²) in [7, 11) is 0. The molecule has 0 bridgehead atoms. The summed E-state index contributed by atoms with van der Waals surface area (Å²) in [6.07, 6.45) is 0. The predicted molar refractivity (Wildman–Crippen MR) is 75.0 cm³/mol. The van der Waals surface area contributed by atoms with Crippen LogP contribution in [-0.2, 0) is 6.61 Å². The first-order valence-corrected chi connectivity index (χ1v) is 6.84. The van der Waals surface area contributed by atoms with Gasteiger partial charge in [0.2, 0.25) is 0 Å². The number of aryl methyl sites for hydroxylation is 2. The Morgan fingerprint density at radius 1 is 1.39 bits per heavy atom. The van der Waals surface area contributed by atoms with Gasteiger partial charge in [-0.2, -0.15) is 0 Å². The SMILES string of the molecule is Cc1ccc([C@@H](C)N)c(OCc2csc(C)n2)c1. The molecule has 1 atom stereocenters. The van der Waals surface area contributed by atoms with Crippen LogP contribution in [0.15, 0.2) is 23.6 Å². The highest BCUT2D eigenvalue weighted by atomic mass is 32.1. The normalized spacial score (nSPS) is 12.4. The third-order valence-electron chi connectivity index (χ3n) is 2.70. The third kappa shape index (κ3) is 3.09. The van der Waals surface area contributed by atoms with Crippen LogP contribution in [0.2, 0.25) is 0 Å². The van der Waals surface area contributed by atoms with Crippen molar-refractivity contribution in [2.45, 2.75) is 33.4 Å². The molecule has 2 rings (SSSR count). The monoisotopic (exact) mass is 262 g/mol. The summed E-state index contributed by atoms with van der Waals surface area (Å²) >= 11 is 1.64. The minimum Gasteiger partial charge on any atom is -0.487 e. The molecule has 0 aliphatic heterocycles. The van der Waals surface area contributed by atoms with E-state index in [0.29, 0.717) is 6.61 Å². The van der Waals surface area contributed by atoms with Crippen molar-refractivity contribution >= 4 is 11.3 Å². The topological polar surface area (TPSA) is 48.1 Å². The van der Waals surface area contributed by atoms with Gasteiger partial charge in [0.25, 0.3) is 0 Å². The minimum absolute atomic E-state index is 0.0298. The number of nitrogens with two attached hydrogens (primary N) is 1. The Balaban J connectivity index is 2.15. The van der Waals surface area contributed by atoms with Crippen molar-refractivity contribution in [3.63, 3.8) is 0 Å². The van der Waals surface area contributed by atoms with Crippen LogP contribution in [0.25, 0.3) is 0 Å². The van der Waals surface area contributed by atoms with Crippen LogP contribution >= 0.6 is 11.3 Å². The van der Waals surface area contributed by atoms with Crippen LogP contribution in [0.1, 0.15) is 34.8 Å². The van der Waals surface area contributed by atoms with Crippen LogP contribution in [0, 0.1) is 13.8 Å². The molecule has 0 aliphatic carbocycles. The van der Waals surface area contributed by atoms with Gasteiger partial charge < -0.3 is 10.5 Å². The highest BCUT2D eigenvalue weighted by molar-refractivity contribution is 7.09. The highest BCUT2D eigenvalue weighted by Gasteiger charge is 2.09. The Bertz CT molecular complexity index is 534. The summed E-state index contributed by atoms with van der Waals surface area (Å²) in [6, 6.07) is 6.08. The van der Waals surface area contributed by atoms with Gasteiger partial charge in [-0.1, -0.05) is 12.1 Å². The lowest BCUT2D eigenvalue weighted by atomic mass is 10.1. The summed E-state index contributed by atoms with van der Waals surface area (Å²) in [5, 5.41) is 3.08. The summed E-state index contributed by atoms with van der Waals surface area (Å²) in [6.45, 7) is 6.50. The fraction of sp³-hybridized carbons (Fsp3) is 0.357. The number of benzene rings is 1. The first-order chi connectivity index (χ1) is 8.56. The highest BCUT2D eigenvalue weighted by Crippen LogP contribution is 2.26. The Morgan fingerprint density at radius 2 is 2.17 bits per heavy atom. The number of ether oxygens (including phenoxy) is 1. The first kappa shape index (κ1) is 13.1. The van der Waals surface area contributed by atoms with Gasteiger partial charge in [0.15, 0.2) is 0 Å². The standard InChI is InChI=1S/C14H18N2OS/c1-9-4-5-13(10(2)15)14(6-9)17-7-12-8-18-11(3)16-12/h4-6,8,10H,7,15H2,1-3H3/t10-/m1/s1. The molecule has 0 radical (unpaired) electrons. The van der Waals surface area contributed by atoms with Crippen molar-refractivity contribution in [1.82, 2.24) is 4.98 Å². The molecule has 2 aromatic rings. The van der Waals surface area contributed by atoms with E-state index in [1.807, 2.05) is 38.3 Å². The van der Waals surface area contributed by atoms with E-state index in [1.165, 1.54) is 5.56 Å². The van der Waals surface area contributed by atoms with Gasteiger partial charge in [-0.25, -0.2) is 4.98 Å². The zero-order valence-corrected chi connectivity index (χ0v) is 11.8. The Kier molecular flexibility index (Phi) is 3.99. The number of nitrogens with zero attached hydrogens (tertiary/aromatic N) is 1. The van der Waals surface area contributed by atoms with Crippen molar-refractivity contribution in [2.75, 3.05) is 0 Å². The summed E-state index contributed by atoms with van der Waals surface area (Å²) in [5.74, 6) is 0.857. The van der Waals surface area contributed by atoms with Gasteiger partial charge >= 0.3 is 0 Å². The largest absolute Gasteiger partial charge is 0.487 e. The molecular weight excluding hydrogens is 244 g/mol. The van der Waals surface area contributed by atoms with E-state index in [9.17, 15) is 0 Å². The van der Waals surface area contributed by atoms with Crippen molar-refractivity contribution in [3.05, 3.63) is 45.4 Å². The zero-order chi connectivity index (χ0) is 13.1. The smallest absolute Gasteiger partial charge is 0.131 e. The van der Waals surface area contributed by atoms with Gasteiger partial charge in [0, 0.05) is 17.0 Å². The second-order valence-corrected chi connectivity index (χ2v) is 5.54. The molecule has 1 heterocycles. The first-order valence-electron chi connectivity index (χ1n) is 5.96. The fourth-order valence-electron chi connectivity index (χ4n) is 1.77. The molecule has 1 aromatic heterocycles. The second kappa shape index (κ2) is 5.50. The van der Waals surface area contributed by atoms with Crippen molar-refractivity contribution in [1.29, 1.82) is 0 Å². The van der Waals surface area contributed by atoms with Crippen LogP contribution in [0.4, 0.5) is 0 Å². The van der Waals surface area contributed by atoms with E-state index in [4.69, 9.17) is 10.5 Å². The maximum absolute atomic E-state index is 5.94. The van der Waals surface area contributed by atoms with Crippen molar-refractivity contribution in [2.24, 2.45) is 5.73 Å². The molecule has 18 heavy (non-hydrogen) atoms. The molecule has 3 nitrogen and oxygen atoms in total. The van der Waals surface area contributed by atoms with E-state index in [1.54, 1.807) is 11.3 Å². The molecule has 0 aliphatic rings. The van der Waals surface area contributed by atoms with Gasteiger partial charge in [-0.3, -0.25) is 0 Å². The Morgan fingerprint density at radius 3 is 2.78 bits per heavy atom. The molecule has 1 aromatic carbocycles. The van der Waals surface area contributed by atoms with E-state index in [0.717, 1.165) is 22.0 Å². The molecule has 4 heteroatoms. The van der Waals surface area contributed by atoms with E-state index in [2.05, 4.69) is 11.1 Å². The van der Waals surface area contributed by atoms with Crippen LogP contribution in [0.5, 0.6) is 5.75 Å². The summed E-state index contributed by atoms with van der Waals surface area (Å²) < 4.78 is 5.84. The number of aromatic nitrogens is 1. The second-order valence-electron chi connectivity index (χ2n) is 4.48. The van der Waals surface area contributed by atoms with E-state index >= 15 is 0 Å². The average molecular weight is 262 g/mol. The minimum atomic E-state index is -0.0298. The quantitative estimate of drug-likeness (QED) is 0.919. The molecule has 2 N–H and O–H groups in total. The predicted octanol–water partition coefficient (Wildman–Crippen LogP) is 3.36. The third-order valence-corrected chi connectivity index (χ3v) is 3.52. The molecule has 0 fully saturated rings. The maximum Gasteiger partial charge on any atom is 0.131 e. The van der Waals surface area contributed by atoms with Gasteiger partial charge in [-0.15, -0.1) is 11.3 Å². The summed E-state index contributed by atoms with van der Waals surface area (Å²) in [5.41, 5.74) is 9.12. The van der Waals surface area contributed by atoms with Crippen molar-refractivity contribution < 1.29 is 4.74 Å². The molecule has 0 spiro atoms. The van der Waals surface area contributed by atoms with Gasteiger partial charge in [0.05, 0.1) is 10.7 Å². The van der Waals surface area contributed by atoms with Crippen LogP contribution < -0.4 is 10.5 Å². The lowest BCUT2D eigenvalue weighted by molar-refractivity contribution is 0.297. The summed E-state index contributed by atoms with van der Waals surface area (Å²) in [4.78, 5) is 4.38. The fourth-order valence-corrected chi connectivity index (χ4v) is 2.37. The molecule has 0 saturated heterocycles. The average Bonchev–Trinajstić information content (AvgIpc) is 2.72. The number of rotatable bonds is 4. The number of hydrogen-bond donors (Lipinski definition) is 1. The lowest BCUT2D eigenvalue weighted by Gasteiger charge is -2.14. The van der Waals surface area contributed by atoms with Crippen LogP contribution in [-0.4, -0.2) is 4.98 Å². The van der Waals surface area contributed by atoms with Gasteiger partial charge in [-0.05, 0) is 32.4 Å².